The molecule has 6 heteroatoms. The summed E-state index contributed by atoms with van der Waals surface area (Å²) in [5.74, 6) is -5.73. The standard InChI is InChI=1S/C11H16F2O4/c1-2-15-9(14)8-7-10(12,13)3-4-11(8)16-5-6-17-11/h8H,2-7H2,1H3. The molecule has 1 atom stereocenters. The molecular formula is C11H16F2O4. The quantitative estimate of drug-likeness (QED) is 0.700. The molecule has 1 heterocycles. The molecule has 4 nitrogen and oxygen atoms in total. The van der Waals surface area contributed by atoms with Crippen molar-refractivity contribution >= 4 is 5.97 Å². The summed E-state index contributed by atoms with van der Waals surface area (Å²) in [6.45, 7) is 2.47. The van der Waals surface area contributed by atoms with E-state index < -0.39 is 30.0 Å². The number of rotatable bonds is 2. The third-order valence-corrected chi connectivity index (χ3v) is 3.22. The molecule has 0 bridgehead atoms. The van der Waals surface area contributed by atoms with E-state index in [1.165, 1.54) is 0 Å². The summed E-state index contributed by atoms with van der Waals surface area (Å²) in [7, 11) is 0. The Morgan fingerprint density at radius 1 is 1.35 bits per heavy atom. The van der Waals surface area contributed by atoms with Gasteiger partial charge in [-0.05, 0) is 6.92 Å². The van der Waals surface area contributed by atoms with Gasteiger partial charge < -0.3 is 14.2 Å². The largest absolute Gasteiger partial charge is 0.466 e. The van der Waals surface area contributed by atoms with E-state index in [4.69, 9.17) is 14.2 Å². The number of carbonyl (C=O) groups is 1. The summed E-state index contributed by atoms with van der Waals surface area (Å²) in [4.78, 5) is 11.7. The van der Waals surface area contributed by atoms with Gasteiger partial charge in [0.15, 0.2) is 5.79 Å². The molecule has 1 aliphatic carbocycles. The van der Waals surface area contributed by atoms with Crippen LogP contribution in [0.25, 0.3) is 0 Å². The summed E-state index contributed by atoms with van der Waals surface area (Å²) in [5, 5.41) is 0. The molecule has 98 valence electrons. The van der Waals surface area contributed by atoms with E-state index in [-0.39, 0.29) is 19.4 Å². The summed E-state index contributed by atoms with van der Waals surface area (Å²) >= 11 is 0. The van der Waals surface area contributed by atoms with Gasteiger partial charge >= 0.3 is 5.97 Å². The van der Waals surface area contributed by atoms with Gasteiger partial charge in [-0.15, -0.1) is 0 Å². The molecule has 1 spiro atoms. The van der Waals surface area contributed by atoms with E-state index in [1.54, 1.807) is 6.92 Å². The lowest BCUT2D eigenvalue weighted by atomic mass is 9.81. The van der Waals surface area contributed by atoms with Crippen LogP contribution in [-0.2, 0) is 19.0 Å². The first kappa shape index (κ1) is 12.7. The molecule has 1 saturated carbocycles. The van der Waals surface area contributed by atoms with Crippen molar-refractivity contribution in [3.63, 3.8) is 0 Å². The fraction of sp³-hybridized carbons (Fsp3) is 0.909. The summed E-state index contributed by atoms with van der Waals surface area (Å²) < 4.78 is 42.4. The highest BCUT2D eigenvalue weighted by Gasteiger charge is 2.57. The fourth-order valence-corrected chi connectivity index (χ4v) is 2.41. The predicted molar refractivity (Wildman–Crippen MR) is 53.6 cm³/mol. The minimum atomic E-state index is -2.85. The Hall–Kier alpha value is -0.750. The fourth-order valence-electron chi connectivity index (χ4n) is 2.41. The van der Waals surface area contributed by atoms with Crippen LogP contribution in [0.5, 0.6) is 0 Å². The van der Waals surface area contributed by atoms with Crippen molar-refractivity contribution in [1.29, 1.82) is 0 Å². The monoisotopic (exact) mass is 250 g/mol. The average molecular weight is 250 g/mol. The van der Waals surface area contributed by atoms with E-state index in [1.807, 2.05) is 0 Å². The van der Waals surface area contributed by atoms with Gasteiger partial charge in [-0.25, -0.2) is 8.78 Å². The number of halogens is 2. The van der Waals surface area contributed by atoms with Gasteiger partial charge in [-0.1, -0.05) is 0 Å². The average Bonchev–Trinajstić information content (AvgIpc) is 2.72. The molecule has 1 aliphatic heterocycles. The van der Waals surface area contributed by atoms with Gasteiger partial charge in [0.25, 0.3) is 0 Å². The van der Waals surface area contributed by atoms with E-state index in [2.05, 4.69) is 0 Å². The van der Waals surface area contributed by atoms with Gasteiger partial charge in [0, 0.05) is 19.3 Å². The molecule has 2 rings (SSSR count). The summed E-state index contributed by atoms with van der Waals surface area (Å²) in [5.41, 5.74) is 0. The molecule has 0 aromatic heterocycles. The first-order valence-corrected chi connectivity index (χ1v) is 5.81. The second-order valence-electron chi connectivity index (χ2n) is 4.37. The van der Waals surface area contributed by atoms with Crippen molar-refractivity contribution in [2.45, 2.75) is 37.9 Å². The van der Waals surface area contributed by atoms with Gasteiger partial charge in [-0.2, -0.15) is 0 Å². The van der Waals surface area contributed by atoms with Crippen LogP contribution in [0.15, 0.2) is 0 Å². The lowest BCUT2D eigenvalue weighted by molar-refractivity contribution is -0.249. The van der Waals surface area contributed by atoms with Crippen molar-refractivity contribution in [3.05, 3.63) is 0 Å². The smallest absolute Gasteiger partial charge is 0.314 e. The van der Waals surface area contributed by atoms with Crippen molar-refractivity contribution in [3.8, 4) is 0 Å². The Bertz CT molecular complexity index is 300. The zero-order valence-electron chi connectivity index (χ0n) is 9.71. The van der Waals surface area contributed by atoms with Crippen molar-refractivity contribution in [2.75, 3.05) is 19.8 Å². The van der Waals surface area contributed by atoms with Gasteiger partial charge in [0.05, 0.1) is 19.8 Å². The minimum absolute atomic E-state index is 0.0312. The van der Waals surface area contributed by atoms with Crippen LogP contribution in [0.1, 0.15) is 26.2 Å². The molecule has 0 radical (unpaired) electrons. The SMILES string of the molecule is CCOC(=O)C1CC(F)(F)CCC12OCCO2. The van der Waals surface area contributed by atoms with Crippen LogP contribution in [0.3, 0.4) is 0 Å². The third kappa shape index (κ3) is 2.42. The Balaban J connectivity index is 2.17. The van der Waals surface area contributed by atoms with Crippen molar-refractivity contribution < 1.29 is 27.8 Å². The number of esters is 1. The molecule has 0 aromatic carbocycles. The van der Waals surface area contributed by atoms with Crippen molar-refractivity contribution in [1.82, 2.24) is 0 Å². The van der Waals surface area contributed by atoms with E-state index in [0.717, 1.165) is 0 Å². The Morgan fingerprint density at radius 3 is 2.59 bits per heavy atom. The zero-order chi connectivity index (χ0) is 12.5. The lowest BCUT2D eigenvalue weighted by Gasteiger charge is -2.40. The van der Waals surface area contributed by atoms with E-state index >= 15 is 0 Å². The number of carbonyl (C=O) groups excluding carboxylic acids is 1. The summed E-state index contributed by atoms with van der Waals surface area (Å²) in [6, 6.07) is 0. The predicted octanol–water partition coefficient (Wildman–Crippen LogP) is 1.73. The van der Waals surface area contributed by atoms with Crippen LogP contribution in [-0.4, -0.2) is 37.5 Å². The van der Waals surface area contributed by atoms with Crippen LogP contribution in [0.4, 0.5) is 8.78 Å². The maximum Gasteiger partial charge on any atom is 0.314 e. The topological polar surface area (TPSA) is 44.8 Å². The Labute approximate surface area is 98.2 Å². The second-order valence-corrected chi connectivity index (χ2v) is 4.37. The molecule has 1 saturated heterocycles. The minimum Gasteiger partial charge on any atom is -0.466 e. The number of hydrogen-bond donors (Lipinski definition) is 0. The highest BCUT2D eigenvalue weighted by Crippen LogP contribution is 2.47. The maximum absolute atomic E-state index is 13.4. The normalized spacial score (nSPS) is 30.4. The Morgan fingerprint density at radius 2 is 2.00 bits per heavy atom. The van der Waals surface area contributed by atoms with Crippen LogP contribution >= 0.6 is 0 Å². The first-order valence-electron chi connectivity index (χ1n) is 5.81. The number of ether oxygens (including phenoxy) is 3. The third-order valence-electron chi connectivity index (χ3n) is 3.22. The molecule has 0 N–H and O–H groups in total. The molecule has 0 aromatic rings. The summed E-state index contributed by atoms with van der Waals surface area (Å²) in [6.07, 6.45) is -0.849. The van der Waals surface area contributed by atoms with Crippen LogP contribution in [0.2, 0.25) is 0 Å². The highest BCUT2D eigenvalue weighted by molar-refractivity contribution is 5.74. The van der Waals surface area contributed by atoms with E-state index in [9.17, 15) is 13.6 Å². The van der Waals surface area contributed by atoms with Gasteiger partial charge in [0.2, 0.25) is 5.92 Å². The molecule has 1 unspecified atom stereocenters. The first-order chi connectivity index (χ1) is 7.99. The molecule has 17 heavy (non-hydrogen) atoms. The number of alkyl halides is 2. The second kappa shape index (κ2) is 4.49. The van der Waals surface area contributed by atoms with Gasteiger partial charge in [-0.3, -0.25) is 4.79 Å². The molecule has 2 aliphatic rings. The molecule has 2 fully saturated rings. The highest BCUT2D eigenvalue weighted by atomic mass is 19.3. The van der Waals surface area contributed by atoms with Gasteiger partial charge in [0.1, 0.15) is 5.92 Å². The zero-order valence-corrected chi connectivity index (χ0v) is 9.71. The van der Waals surface area contributed by atoms with Crippen molar-refractivity contribution in [2.24, 2.45) is 5.92 Å². The lowest BCUT2D eigenvalue weighted by Crippen LogP contribution is -2.51. The Kier molecular flexibility index (Phi) is 3.36. The van der Waals surface area contributed by atoms with Crippen LogP contribution < -0.4 is 0 Å². The van der Waals surface area contributed by atoms with E-state index in [0.29, 0.717) is 13.2 Å². The maximum atomic E-state index is 13.4. The van der Waals surface area contributed by atoms with Crippen LogP contribution in [0, 0.1) is 5.92 Å². The molecular weight excluding hydrogens is 234 g/mol. The number of hydrogen-bond acceptors (Lipinski definition) is 4. The molecule has 0 amide bonds.